The zero-order valence-corrected chi connectivity index (χ0v) is 25.9. The number of rotatable bonds is 2. The number of aryl methyl sites for hydroxylation is 1. The maximum Gasteiger partial charge on any atom is 0.323 e. The van der Waals surface area contributed by atoms with Crippen molar-refractivity contribution >= 4 is 23.7 Å². The van der Waals surface area contributed by atoms with Crippen molar-refractivity contribution in [1.29, 1.82) is 5.26 Å². The number of aromatic hydroxyl groups is 1. The quantitative estimate of drug-likeness (QED) is 0.372. The SMILES string of the molecule is COc1c(C)cc2c(c1O)C1C3[C@@H]4SCC(N)C(=O)OC[C@H](c5c6c(c(C)c(OC(C)=O)c54)OCO6)N3C(C#N)C(C2)N1C. The minimum atomic E-state index is -0.890. The number of benzene rings is 2. The van der Waals surface area contributed by atoms with Gasteiger partial charge in [0.1, 0.15) is 24.4 Å². The zero-order chi connectivity index (χ0) is 31.2. The summed E-state index contributed by atoms with van der Waals surface area (Å²) in [7, 11) is 3.51. The number of carbonyl (C=O) groups excluding carboxylic acids is 2. The molecule has 0 aromatic heterocycles. The third kappa shape index (κ3) is 3.94. The Labute approximate surface area is 258 Å². The number of phenols is 1. The fraction of sp³-hybridized carbons (Fsp3) is 0.516. The number of esters is 2. The Balaban J connectivity index is 1.56. The molecule has 13 heteroatoms. The molecule has 2 aromatic carbocycles. The molecule has 5 aliphatic rings. The molecule has 0 saturated carbocycles. The number of piperazine rings is 1. The van der Waals surface area contributed by atoms with E-state index in [2.05, 4.69) is 15.9 Å². The van der Waals surface area contributed by atoms with Crippen molar-refractivity contribution in [3.05, 3.63) is 39.4 Å². The van der Waals surface area contributed by atoms with Gasteiger partial charge >= 0.3 is 11.9 Å². The van der Waals surface area contributed by atoms with Crippen LogP contribution < -0.4 is 24.7 Å². The number of fused-ring (bicyclic) bond motifs is 9. The minimum absolute atomic E-state index is 0.0270. The molecule has 12 nitrogen and oxygen atoms in total. The molecular formula is C31H34N4O8S. The third-order valence-corrected chi connectivity index (χ3v) is 11.1. The number of nitrogens with two attached hydrogens (primary N) is 1. The molecule has 5 aliphatic heterocycles. The first-order valence-electron chi connectivity index (χ1n) is 14.5. The van der Waals surface area contributed by atoms with Crippen molar-refractivity contribution in [3.63, 3.8) is 0 Å². The summed E-state index contributed by atoms with van der Waals surface area (Å²) in [6, 6.07) is 1.36. The van der Waals surface area contributed by atoms with Gasteiger partial charge in [-0.25, -0.2) is 0 Å². The predicted octanol–water partition coefficient (Wildman–Crippen LogP) is 2.56. The second-order valence-electron chi connectivity index (χ2n) is 12.0. The second-order valence-corrected chi connectivity index (χ2v) is 13.2. The Morgan fingerprint density at radius 3 is 2.64 bits per heavy atom. The lowest BCUT2D eigenvalue weighted by molar-refractivity contribution is -0.150. The maximum atomic E-state index is 13.0. The lowest BCUT2D eigenvalue weighted by Gasteiger charge is -2.61. The first-order chi connectivity index (χ1) is 21.1. The van der Waals surface area contributed by atoms with Crippen LogP contribution >= 0.6 is 11.8 Å². The molecule has 232 valence electrons. The van der Waals surface area contributed by atoms with Crippen LogP contribution in [0.5, 0.6) is 28.7 Å². The number of likely N-dealkylation sites (N-methyl/N-ethyl adjacent to an activating group) is 1. The van der Waals surface area contributed by atoms with Gasteiger partial charge in [0.25, 0.3) is 0 Å². The van der Waals surface area contributed by atoms with E-state index < -0.39 is 47.4 Å². The van der Waals surface area contributed by atoms with E-state index in [9.17, 15) is 20.0 Å². The monoisotopic (exact) mass is 622 g/mol. The van der Waals surface area contributed by atoms with Gasteiger partial charge in [0.05, 0.1) is 30.5 Å². The Morgan fingerprint density at radius 2 is 1.93 bits per heavy atom. The van der Waals surface area contributed by atoms with Crippen LogP contribution in [0, 0.1) is 25.2 Å². The van der Waals surface area contributed by atoms with E-state index in [0.29, 0.717) is 40.5 Å². The molecule has 5 heterocycles. The largest absolute Gasteiger partial charge is 0.504 e. The number of carbonyl (C=O) groups is 2. The normalized spacial score (nSPS) is 30.4. The highest BCUT2D eigenvalue weighted by atomic mass is 32.2. The maximum absolute atomic E-state index is 13.0. The lowest BCUT2D eigenvalue weighted by Crippen LogP contribution is -2.69. The number of thioether (sulfide) groups is 1. The van der Waals surface area contributed by atoms with Gasteiger partial charge in [0, 0.05) is 47.0 Å². The van der Waals surface area contributed by atoms with Crippen LogP contribution in [-0.2, 0) is 20.7 Å². The Hall–Kier alpha value is -3.70. The van der Waals surface area contributed by atoms with Crippen molar-refractivity contribution in [2.24, 2.45) is 5.73 Å². The van der Waals surface area contributed by atoms with Gasteiger partial charge < -0.3 is 34.5 Å². The number of cyclic esters (lactones) is 1. The number of hydrogen-bond donors (Lipinski definition) is 2. The third-order valence-electron chi connectivity index (χ3n) is 9.69. The molecule has 0 radical (unpaired) electrons. The zero-order valence-electron chi connectivity index (χ0n) is 25.1. The predicted molar refractivity (Wildman–Crippen MR) is 158 cm³/mol. The molecule has 2 fully saturated rings. The molecule has 7 rings (SSSR count). The first kappa shape index (κ1) is 29.0. The Bertz CT molecular complexity index is 1640. The average molecular weight is 623 g/mol. The Morgan fingerprint density at radius 1 is 1.18 bits per heavy atom. The molecule has 0 amide bonds. The molecule has 3 N–H and O–H groups in total. The van der Waals surface area contributed by atoms with E-state index in [4.69, 9.17) is 29.4 Å². The van der Waals surface area contributed by atoms with E-state index >= 15 is 0 Å². The van der Waals surface area contributed by atoms with Gasteiger partial charge in [-0.3, -0.25) is 19.4 Å². The van der Waals surface area contributed by atoms with Gasteiger partial charge in [0.2, 0.25) is 6.79 Å². The van der Waals surface area contributed by atoms with Gasteiger partial charge in [0.15, 0.2) is 23.0 Å². The molecule has 0 aliphatic carbocycles. The summed E-state index contributed by atoms with van der Waals surface area (Å²) in [4.78, 5) is 29.8. The highest BCUT2D eigenvalue weighted by Crippen LogP contribution is 2.64. The summed E-state index contributed by atoms with van der Waals surface area (Å²) in [5, 5.41) is 22.1. The van der Waals surface area contributed by atoms with E-state index in [0.717, 1.165) is 22.3 Å². The van der Waals surface area contributed by atoms with E-state index in [1.807, 2.05) is 27.0 Å². The second kappa shape index (κ2) is 10.4. The number of methoxy groups -OCH3 is 1. The molecule has 44 heavy (non-hydrogen) atoms. The number of phenolic OH excluding ortho intramolecular Hbond substituents is 1. The molecule has 2 aromatic rings. The van der Waals surface area contributed by atoms with Crippen LogP contribution in [0.15, 0.2) is 6.07 Å². The van der Waals surface area contributed by atoms with Crippen LogP contribution in [0.1, 0.15) is 57.6 Å². The van der Waals surface area contributed by atoms with Crippen LogP contribution in [0.25, 0.3) is 0 Å². The summed E-state index contributed by atoms with van der Waals surface area (Å²) < 4.78 is 29.4. The standard InChI is InChI=1S/C31H34N4O8S/c1-12-6-15-7-17-18(8-32)35-19-9-40-31(38)16(33)10-44-30(24(35)23(34(17)4)20(15)25(37)26(12)39-5)22-21(19)29-28(41-11-42-29)13(2)27(22)43-14(3)36/h6,16-19,23-24,30,37H,7,9-11,33H2,1-5H3/t16?,17?,18?,19-,23?,24?,30-/m1/s1. The van der Waals surface area contributed by atoms with Crippen molar-refractivity contribution in [2.45, 2.75) is 68.7 Å². The van der Waals surface area contributed by atoms with Crippen molar-refractivity contribution in [1.82, 2.24) is 9.80 Å². The topological polar surface area (TPSA) is 157 Å². The van der Waals surface area contributed by atoms with E-state index in [1.165, 1.54) is 25.8 Å². The summed E-state index contributed by atoms with van der Waals surface area (Å²) in [6.07, 6.45) is 0.522. The summed E-state index contributed by atoms with van der Waals surface area (Å²) >= 11 is 1.44. The van der Waals surface area contributed by atoms with Gasteiger partial charge in [-0.2, -0.15) is 5.26 Å². The highest BCUT2D eigenvalue weighted by Gasteiger charge is 2.60. The first-order valence-corrected chi connectivity index (χ1v) is 15.6. The molecule has 4 bridgehead atoms. The van der Waals surface area contributed by atoms with Gasteiger partial charge in [-0.15, -0.1) is 11.8 Å². The smallest absolute Gasteiger partial charge is 0.323 e. The molecular weight excluding hydrogens is 588 g/mol. The van der Waals surface area contributed by atoms with Crippen LogP contribution in [0.4, 0.5) is 0 Å². The van der Waals surface area contributed by atoms with Crippen molar-refractivity contribution in [2.75, 3.05) is 33.3 Å². The molecule has 5 unspecified atom stereocenters. The van der Waals surface area contributed by atoms with Crippen molar-refractivity contribution in [3.8, 4) is 34.8 Å². The fourth-order valence-electron chi connectivity index (χ4n) is 7.98. The number of nitrogens with zero attached hydrogens (tertiary/aromatic N) is 3. The van der Waals surface area contributed by atoms with Crippen LogP contribution in [0.3, 0.4) is 0 Å². The Kier molecular flexibility index (Phi) is 6.89. The molecule has 2 saturated heterocycles. The molecule has 7 atom stereocenters. The minimum Gasteiger partial charge on any atom is -0.504 e. The van der Waals surface area contributed by atoms with Gasteiger partial charge in [-0.05, 0) is 38.4 Å². The van der Waals surface area contributed by atoms with Gasteiger partial charge in [-0.1, -0.05) is 6.07 Å². The number of hydrogen-bond acceptors (Lipinski definition) is 13. The summed E-state index contributed by atoms with van der Waals surface area (Å²) in [5.74, 6) is 0.953. The van der Waals surface area contributed by atoms with E-state index in [1.54, 1.807) is 0 Å². The fourth-order valence-corrected chi connectivity index (χ4v) is 9.42. The van der Waals surface area contributed by atoms with Crippen LogP contribution in [-0.4, -0.2) is 84.3 Å². The number of ether oxygens (including phenoxy) is 5. The number of nitriles is 1. The summed E-state index contributed by atoms with van der Waals surface area (Å²) in [5.41, 5.74) is 10.8. The summed E-state index contributed by atoms with van der Waals surface area (Å²) in [6.45, 7) is 4.93. The van der Waals surface area contributed by atoms with E-state index in [-0.39, 0.29) is 30.9 Å². The highest BCUT2D eigenvalue weighted by molar-refractivity contribution is 7.99. The van der Waals surface area contributed by atoms with Crippen molar-refractivity contribution < 1.29 is 38.4 Å². The van der Waals surface area contributed by atoms with Crippen LogP contribution in [0.2, 0.25) is 0 Å². The molecule has 0 spiro atoms. The lowest BCUT2D eigenvalue weighted by atomic mass is 9.71. The average Bonchev–Trinajstić information content (AvgIpc) is 3.47.